The summed E-state index contributed by atoms with van der Waals surface area (Å²) in [5.74, 6) is -0.325. The van der Waals surface area contributed by atoms with Crippen LogP contribution in [0.2, 0.25) is 0 Å². The lowest BCUT2D eigenvalue weighted by Crippen LogP contribution is -2.45. The van der Waals surface area contributed by atoms with Gasteiger partial charge in [-0.15, -0.1) is 0 Å². The zero-order chi connectivity index (χ0) is 19.9. The van der Waals surface area contributed by atoms with E-state index in [-0.39, 0.29) is 11.9 Å². The molecule has 28 heavy (non-hydrogen) atoms. The number of carbonyl (C=O) groups excluding carboxylic acids is 1. The number of benzene rings is 2. The molecule has 0 bridgehead atoms. The van der Waals surface area contributed by atoms with Crippen molar-refractivity contribution >= 4 is 12.0 Å². The number of aryl methyl sites for hydroxylation is 1. The first kappa shape index (κ1) is 19.7. The normalized spacial score (nSPS) is 14.5. The maximum Gasteiger partial charge on any atom is 0.317 e. The van der Waals surface area contributed by atoms with Gasteiger partial charge in [0.05, 0.1) is 5.92 Å². The summed E-state index contributed by atoms with van der Waals surface area (Å²) < 4.78 is 5.81. The van der Waals surface area contributed by atoms with Crippen LogP contribution in [0.25, 0.3) is 0 Å². The third-order valence-corrected chi connectivity index (χ3v) is 4.99. The Morgan fingerprint density at radius 1 is 1.11 bits per heavy atom. The van der Waals surface area contributed by atoms with E-state index in [1.165, 1.54) is 5.56 Å². The first-order valence-electron chi connectivity index (χ1n) is 9.54. The van der Waals surface area contributed by atoms with E-state index in [0.29, 0.717) is 39.1 Å². The molecule has 6 heteroatoms. The van der Waals surface area contributed by atoms with Gasteiger partial charge in [0.25, 0.3) is 0 Å². The van der Waals surface area contributed by atoms with Gasteiger partial charge in [-0.05, 0) is 43.0 Å². The zero-order valence-electron chi connectivity index (χ0n) is 16.1. The van der Waals surface area contributed by atoms with Crippen LogP contribution < -0.4 is 10.1 Å². The summed E-state index contributed by atoms with van der Waals surface area (Å²) in [6.07, 6.45) is 1.02. The first-order chi connectivity index (χ1) is 13.5. The number of rotatable bonds is 6. The molecule has 3 rings (SSSR count). The van der Waals surface area contributed by atoms with Crippen LogP contribution in [0.3, 0.4) is 0 Å². The highest BCUT2D eigenvalue weighted by atomic mass is 16.5. The highest BCUT2D eigenvalue weighted by molar-refractivity contribution is 5.75. The summed E-state index contributed by atoms with van der Waals surface area (Å²) in [5.41, 5.74) is 3.32. The van der Waals surface area contributed by atoms with Crippen molar-refractivity contribution < 1.29 is 19.4 Å². The smallest absolute Gasteiger partial charge is 0.317 e. The van der Waals surface area contributed by atoms with Crippen molar-refractivity contribution in [1.82, 2.24) is 10.2 Å². The standard InChI is InChI=1S/C22H26N2O4/c1-16-3-2-4-18(13-16)15-28-20-7-5-17(6-8-20)14-23-22(27)24-11-9-19(10-12-24)21(25)26/h2-8,13,19H,9-12,14-15H2,1H3,(H,23,27)(H,25,26). The minimum Gasteiger partial charge on any atom is -0.489 e. The number of ether oxygens (including phenoxy) is 1. The van der Waals surface area contributed by atoms with Crippen LogP contribution in [0.5, 0.6) is 5.75 Å². The Hall–Kier alpha value is -3.02. The molecule has 2 aromatic rings. The zero-order valence-corrected chi connectivity index (χ0v) is 16.1. The van der Waals surface area contributed by atoms with E-state index in [1.807, 2.05) is 36.4 Å². The number of hydrogen-bond acceptors (Lipinski definition) is 3. The van der Waals surface area contributed by atoms with E-state index >= 15 is 0 Å². The molecule has 2 amide bonds. The number of nitrogens with one attached hydrogen (secondary N) is 1. The van der Waals surface area contributed by atoms with E-state index in [1.54, 1.807) is 4.90 Å². The number of amides is 2. The average molecular weight is 382 g/mol. The van der Waals surface area contributed by atoms with Gasteiger partial charge < -0.3 is 20.1 Å². The number of carbonyl (C=O) groups is 2. The fourth-order valence-electron chi connectivity index (χ4n) is 3.29. The number of nitrogens with zero attached hydrogens (tertiary/aromatic N) is 1. The molecule has 2 N–H and O–H groups in total. The largest absolute Gasteiger partial charge is 0.489 e. The molecule has 1 aliphatic heterocycles. The van der Waals surface area contributed by atoms with Crippen LogP contribution >= 0.6 is 0 Å². The topological polar surface area (TPSA) is 78.9 Å². The van der Waals surface area contributed by atoms with Gasteiger partial charge in [-0.1, -0.05) is 42.0 Å². The van der Waals surface area contributed by atoms with Crippen molar-refractivity contribution in [1.29, 1.82) is 0 Å². The number of hydrogen-bond donors (Lipinski definition) is 2. The molecule has 0 radical (unpaired) electrons. The van der Waals surface area contributed by atoms with Crippen LogP contribution in [0.15, 0.2) is 48.5 Å². The summed E-state index contributed by atoms with van der Waals surface area (Å²) in [5, 5.41) is 11.9. The van der Waals surface area contributed by atoms with E-state index in [4.69, 9.17) is 9.84 Å². The lowest BCUT2D eigenvalue weighted by molar-refractivity contribution is -0.143. The van der Waals surface area contributed by atoms with Crippen molar-refractivity contribution in [2.45, 2.75) is 32.9 Å². The molecule has 2 aromatic carbocycles. The lowest BCUT2D eigenvalue weighted by Gasteiger charge is -2.30. The van der Waals surface area contributed by atoms with E-state index < -0.39 is 5.97 Å². The SMILES string of the molecule is Cc1cccc(COc2ccc(CNC(=O)N3CCC(C(=O)O)CC3)cc2)c1. The van der Waals surface area contributed by atoms with E-state index in [0.717, 1.165) is 16.9 Å². The summed E-state index contributed by atoms with van der Waals surface area (Å²) in [6, 6.07) is 15.7. The fraction of sp³-hybridized carbons (Fsp3) is 0.364. The van der Waals surface area contributed by atoms with Gasteiger partial charge in [-0.25, -0.2) is 4.79 Å². The Balaban J connectivity index is 1.43. The molecule has 0 aromatic heterocycles. The Morgan fingerprint density at radius 3 is 2.46 bits per heavy atom. The Labute approximate surface area is 165 Å². The molecule has 0 unspecified atom stereocenters. The second-order valence-electron chi connectivity index (χ2n) is 7.18. The predicted molar refractivity (Wildman–Crippen MR) is 106 cm³/mol. The minimum atomic E-state index is -0.773. The van der Waals surface area contributed by atoms with E-state index in [2.05, 4.69) is 24.4 Å². The van der Waals surface area contributed by atoms with Gasteiger partial charge in [0, 0.05) is 19.6 Å². The van der Waals surface area contributed by atoms with Crippen LogP contribution in [0, 0.1) is 12.8 Å². The Bertz CT molecular complexity index is 812. The van der Waals surface area contributed by atoms with Gasteiger partial charge in [0.1, 0.15) is 12.4 Å². The maximum absolute atomic E-state index is 12.2. The van der Waals surface area contributed by atoms with Crippen molar-refractivity contribution in [3.05, 3.63) is 65.2 Å². The average Bonchev–Trinajstić information content (AvgIpc) is 2.71. The highest BCUT2D eigenvalue weighted by Crippen LogP contribution is 2.18. The van der Waals surface area contributed by atoms with Crippen LogP contribution in [-0.4, -0.2) is 35.1 Å². The Morgan fingerprint density at radius 2 is 1.82 bits per heavy atom. The van der Waals surface area contributed by atoms with Crippen LogP contribution in [0.1, 0.15) is 29.5 Å². The molecule has 0 aliphatic carbocycles. The lowest BCUT2D eigenvalue weighted by atomic mass is 9.97. The third kappa shape index (κ3) is 5.49. The predicted octanol–water partition coefficient (Wildman–Crippen LogP) is 3.58. The molecule has 0 saturated carbocycles. The first-order valence-corrected chi connectivity index (χ1v) is 9.54. The van der Waals surface area contributed by atoms with Gasteiger partial charge in [-0.3, -0.25) is 4.79 Å². The van der Waals surface area contributed by atoms with Crippen LogP contribution in [-0.2, 0) is 17.9 Å². The molecular weight excluding hydrogens is 356 g/mol. The summed E-state index contributed by atoms with van der Waals surface area (Å²) >= 11 is 0. The van der Waals surface area contributed by atoms with Gasteiger partial charge in [-0.2, -0.15) is 0 Å². The van der Waals surface area contributed by atoms with Crippen molar-refractivity contribution in [2.75, 3.05) is 13.1 Å². The highest BCUT2D eigenvalue weighted by Gasteiger charge is 2.26. The molecule has 1 aliphatic rings. The van der Waals surface area contributed by atoms with Crippen molar-refractivity contribution in [3.63, 3.8) is 0 Å². The minimum absolute atomic E-state index is 0.149. The van der Waals surface area contributed by atoms with Gasteiger partial charge in [0.15, 0.2) is 0 Å². The number of piperidine rings is 1. The Kier molecular flexibility index (Phi) is 6.53. The quantitative estimate of drug-likeness (QED) is 0.800. The monoisotopic (exact) mass is 382 g/mol. The molecule has 148 valence electrons. The van der Waals surface area contributed by atoms with Gasteiger partial charge in [0.2, 0.25) is 0 Å². The van der Waals surface area contributed by atoms with Crippen molar-refractivity contribution in [2.24, 2.45) is 5.92 Å². The van der Waals surface area contributed by atoms with Crippen LogP contribution in [0.4, 0.5) is 4.79 Å². The number of urea groups is 1. The molecule has 0 atom stereocenters. The molecule has 1 heterocycles. The molecule has 0 spiro atoms. The number of aliphatic carboxylic acids is 1. The number of likely N-dealkylation sites (tertiary alicyclic amines) is 1. The second kappa shape index (κ2) is 9.26. The molecule has 6 nitrogen and oxygen atoms in total. The summed E-state index contributed by atoms with van der Waals surface area (Å²) in [6.45, 7) is 3.96. The fourth-order valence-corrected chi connectivity index (χ4v) is 3.29. The summed E-state index contributed by atoms with van der Waals surface area (Å²) in [7, 11) is 0. The molecule has 1 saturated heterocycles. The van der Waals surface area contributed by atoms with E-state index in [9.17, 15) is 9.59 Å². The third-order valence-electron chi connectivity index (χ3n) is 4.99. The second-order valence-corrected chi connectivity index (χ2v) is 7.18. The maximum atomic E-state index is 12.2. The number of carboxylic acids is 1. The molecular formula is C22H26N2O4. The molecule has 1 fully saturated rings. The van der Waals surface area contributed by atoms with Crippen molar-refractivity contribution in [3.8, 4) is 5.75 Å². The summed E-state index contributed by atoms with van der Waals surface area (Å²) in [4.78, 5) is 24.9. The number of carboxylic acid groups (broad SMARTS) is 1. The van der Waals surface area contributed by atoms with Gasteiger partial charge >= 0.3 is 12.0 Å².